The van der Waals surface area contributed by atoms with Gasteiger partial charge in [-0.25, -0.2) is 0 Å². The van der Waals surface area contributed by atoms with Gasteiger partial charge in [-0.1, -0.05) is 41.9 Å². The molecular weight excluding hydrogens is 524 g/mol. The summed E-state index contributed by atoms with van der Waals surface area (Å²) in [6.07, 6.45) is 3.19. The summed E-state index contributed by atoms with van der Waals surface area (Å²) >= 11 is 6.16. The molecule has 0 bridgehead atoms. The third kappa shape index (κ3) is 4.87. The molecule has 204 valence electrons. The predicted octanol–water partition coefficient (Wildman–Crippen LogP) is 6.37. The third-order valence-corrected chi connectivity index (χ3v) is 8.00. The lowest BCUT2D eigenvalue weighted by atomic mass is 9.87. The second-order valence-electron chi connectivity index (χ2n) is 10.0. The number of para-hydroxylation sites is 1. The van der Waals surface area contributed by atoms with Crippen LogP contribution in [0.25, 0.3) is 21.8 Å². The average Bonchev–Trinajstić information content (AvgIpc) is 3.36. The number of halogens is 1. The van der Waals surface area contributed by atoms with Crippen LogP contribution < -0.4 is 10.1 Å². The molecule has 8 heteroatoms. The minimum absolute atomic E-state index is 0.143. The lowest BCUT2D eigenvalue weighted by Crippen LogP contribution is -2.49. The number of methoxy groups -OCH3 is 2. The number of hydrogen-bond donors (Lipinski definition) is 2. The summed E-state index contributed by atoms with van der Waals surface area (Å²) in [5.41, 5.74) is 6.31. The molecule has 3 aromatic carbocycles. The molecule has 0 saturated carbocycles. The van der Waals surface area contributed by atoms with Crippen molar-refractivity contribution in [2.75, 3.05) is 32.6 Å². The first-order valence-electron chi connectivity index (χ1n) is 13.4. The van der Waals surface area contributed by atoms with Gasteiger partial charge in [-0.15, -0.1) is 0 Å². The van der Waals surface area contributed by atoms with Gasteiger partial charge in [0, 0.05) is 58.4 Å². The van der Waals surface area contributed by atoms with Crippen LogP contribution in [0.2, 0.25) is 5.02 Å². The van der Waals surface area contributed by atoms with Gasteiger partial charge in [-0.05, 0) is 60.0 Å². The first kappa shape index (κ1) is 26.2. The number of pyridine rings is 1. The number of H-pyrrole nitrogens is 1. The number of rotatable bonds is 8. The van der Waals surface area contributed by atoms with E-state index in [9.17, 15) is 4.79 Å². The second-order valence-corrected chi connectivity index (χ2v) is 10.5. The molecule has 0 aliphatic carbocycles. The van der Waals surface area contributed by atoms with Crippen LogP contribution in [0.15, 0.2) is 79.0 Å². The van der Waals surface area contributed by atoms with Gasteiger partial charge in [0.1, 0.15) is 11.8 Å². The van der Waals surface area contributed by atoms with Gasteiger partial charge in [-0.3, -0.25) is 14.7 Å². The number of nitrogens with one attached hydrogen (secondary N) is 2. The summed E-state index contributed by atoms with van der Waals surface area (Å²) in [5.74, 6) is 0.571. The molecule has 0 amide bonds. The number of fused-ring (bicyclic) bond motifs is 4. The van der Waals surface area contributed by atoms with E-state index in [1.165, 1.54) is 12.7 Å². The first-order valence-corrected chi connectivity index (χ1v) is 13.8. The maximum atomic E-state index is 13.2. The summed E-state index contributed by atoms with van der Waals surface area (Å²) in [6.45, 7) is 1.41. The number of aromatic nitrogens is 2. The van der Waals surface area contributed by atoms with Crippen LogP contribution in [0, 0.1) is 0 Å². The topological polar surface area (TPSA) is 79.5 Å². The minimum Gasteiger partial charge on any atom is -0.497 e. The number of esters is 1. The fourth-order valence-electron chi connectivity index (χ4n) is 5.87. The molecule has 1 aliphatic rings. The molecule has 7 nitrogen and oxygen atoms in total. The number of hydrogen-bond acceptors (Lipinski definition) is 6. The van der Waals surface area contributed by atoms with E-state index in [1.54, 1.807) is 13.3 Å². The van der Waals surface area contributed by atoms with Crippen LogP contribution in [0.1, 0.15) is 29.3 Å². The van der Waals surface area contributed by atoms with Gasteiger partial charge in [0.2, 0.25) is 0 Å². The number of anilines is 1. The number of benzene rings is 3. The molecule has 2 N–H and O–H groups in total. The highest BCUT2D eigenvalue weighted by Crippen LogP contribution is 2.41. The quantitative estimate of drug-likeness (QED) is 0.171. The summed E-state index contributed by atoms with van der Waals surface area (Å²) in [5, 5.41) is 6.40. The Morgan fingerprint density at radius 2 is 1.90 bits per heavy atom. The monoisotopic (exact) mass is 554 g/mol. The van der Waals surface area contributed by atoms with Crippen LogP contribution in [-0.4, -0.2) is 54.2 Å². The molecule has 0 spiro atoms. The molecule has 0 radical (unpaired) electrons. The Morgan fingerprint density at radius 1 is 1.07 bits per heavy atom. The van der Waals surface area contributed by atoms with Gasteiger partial charge >= 0.3 is 5.97 Å². The second kappa shape index (κ2) is 11.2. The Hall–Kier alpha value is -4.07. The number of ether oxygens (including phenoxy) is 2. The highest BCUT2D eigenvalue weighted by atomic mass is 35.5. The van der Waals surface area contributed by atoms with Crippen molar-refractivity contribution in [3.05, 3.63) is 101 Å². The summed E-state index contributed by atoms with van der Waals surface area (Å²) in [6, 6.07) is 23.6. The molecule has 0 saturated heterocycles. The smallest absolute Gasteiger partial charge is 0.323 e. The van der Waals surface area contributed by atoms with Gasteiger partial charge in [0.25, 0.3) is 0 Å². The summed E-state index contributed by atoms with van der Waals surface area (Å²) in [4.78, 5) is 23.6. The third-order valence-electron chi connectivity index (χ3n) is 7.77. The first-order chi connectivity index (χ1) is 19.6. The average molecular weight is 555 g/mol. The largest absolute Gasteiger partial charge is 0.497 e. The SMILES string of the molecule is COC(=O)[C@H]1Cc2c([nH]c3ccccc23)[C@H](c2ccc(OC)cc2)N1CCCNc1ccnc2cc(Cl)ccc12. The van der Waals surface area contributed by atoms with Crippen molar-refractivity contribution in [2.45, 2.75) is 24.9 Å². The Balaban J connectivity index is 1.32. The van der Waals surface area contributed by atoms with Crippen LogP contribution in [0.3, 0.4) is 0 Å². The van der Waals surface area contributed by atoms with E-state index in [1.807, 2.05) is 48.5 Å². The number of carbonyl (C=O) groups is 1. The summed E-state index contributed by atoms with van der Waals surface area (Å²) in [7, 11) is 3.13. The van der Waals surface area contributed by atoms with Crippen molar-refractivity contribution in [1.29, 1.82) is 0 Å². The maximum absolute atomic E-state index is 13.2. The van der Waals surface area contributed by atoms with E-state index in [0.29, 0.717) is 18.0 Å². The zero-order valence-electron chi connectivity index (χ0n) is 22.5. The molecule has 0 fully saturated rings. The van der Waals surface area contributed by atoms with Crippen LogP contribution >= 0.6 is 11.6 Å². The van der Waals surface area contributed by atoms with Crippen LogP contribution in [-0.2, 0) is 16.0 Å². The molecule has 1 aliphatic heterocycles. The number of carbonyl (C=O) groups excluding carboxylic acids is 1. The van der Waals surface area contributed by atoms with Gasteiger partial charge in [0.05, 0.1) is 25.8 Å². The Morgan fingerprint density at radius 3 is 2.70 bits per heavy atom. The summed E-state index contributed by atoms with van der Waals surface area (Å²) < 4.78 is 10.8. The van der Waals surface area contributed by atoms with E-state index < -0.39 is 6.04 Å². The Bertz CT molecular complexity index is 1670. The fraction of sp³-hybridized carbons (Fsp3) is 0.250. The zero-order chi connectivity index (χ0) is 27.6. The molecule has 5 aromatic rings. The highest BCUT2D eigenvalue weighted by Gasteiger charge is 2.41. The van der Waals surface area contributed by atoms with Crippen LogP contribution in [0.5, 0.6) is 5.75 Å². The number of aromatic amines is 1. The standard InChI is InChI=1S/C32H31ClN4O3/c1-39-22-11-8-20(9-12-22)31-30-25(23-6-3-4-7-27(23)36-30)19-29(32(38)40-2)37(31)17-5-15-34-26-14-16-35-28-18-21(33)10-13-24(26)28/h3-4,6-14,16,18,29,31,36H,5,15,17,19H2,1-2H3,(H,34,35)/t29-,31+/m1/s1. The van der Waals surface area contributed by atoms with Crippen molar-refractivity contribution < 1.29 is 14.3 Å². The van der Waals surface area contributed by atoms with Crippen molar-refractivity contribution >= 4 is 45.1 Å². The van der Waals surface area contributed by atoms with Gasteiger partial charge in [-0.2, -0.15) is 0 Å². The van der Waals surface area contributed by atoms with Crippen molar-refractivity contribution in [2.24, 2.45) is 0 Å². The Labute approximate surface area is 238 Å². The van der Waals surface area contributed by atoms with Crippen molar-refractivity contribution in [3.63, 3.8) is 0 Å². The van der Waals surface area contributed by atoms with Crippen molar-refractivity contribution in [1.82, 2.24) is 14.9 Å². The number of nitrogens with zero attached hydrogens (tertiary/aromatic N) is 2. The molecular formula is C32H31ClN4O3. The lowest BCUT2D eigenvalue weighted by Gasteiger charge is -2.41. The molecule has 2 atom stereocenters. The molecule has 2 aromatic heterocycles. The van der Waals surface area contributed by atoms with E-state index in [0.717, 1.165) is 57.5 Å². The van der Waals surface area contributed by atoms with Gasteiger partial charge in [0.15, 0.2) is 0 Å². The highest BCUT2D eigenvalue weighted by molar-refractivity contribution is 6.31. The maximum Gasteiger partial charge on any atom is 0.323 e. The van der Waals surface area contributed by atoms with Crippen molar-refractivity contribution in [3.8, 4) is 5.75 Å². The molecule has 40 heavy (non-hydrogen) atoms. The predicted molar refractivity (Wildman–Crippen MR) is 159 cm³/mol. The van der Waals surface area contributed by atoms with E-state index in [2.05, 4.69) is 44.5 Å². The Kier molecular flexibility index (Phi) is 7.32. The van der Waals surface area contributed by atoms with E-state index >= 15 is 0 Å². The zero-order valence-corrected chi connectivity index (χ0v) is 23.2. The van der Waals surface area contributed by atoms with E-state index in [4.69, 9.17) is 21.1 Å². The fourth-order valence-corrected chi connectivity index (χ4v) is 6.04. The molecule has 3 heterocycles. The lowest BCUT2D eigenvalue weighted by molar-refractivity contribution is -0.148. The van der Waals surface area contributed by atoms with Crippen LogP contribution in [0.4, 0.5) is 5.69 Å². The van der Waals surface area contributed by atoms with Gasteiger partial charge < -0.3 is 19.8 Å². The minimum atomic E-state index is -0.410. The van der Waals surface area contributed by atoms with E-state index in [-0.39, 0.29) is 12.0 Å². The normalized spacial score (nSPS) is 17.1. The molecule has 6 rings (SSSR count). The molecule has 0 unspecified atom stereocenters.